The van der Waals surface area contributed by atoms with Gasteiger partial charge in [-0.3, -0.25) is 0 Å². The van der Waals surface area contributed by atoms with Crippen molar-refractivity contribution in [1.29, 1.82) is 0 Å². The van der Waals surface area contributed by atoms with Gasteiger partial charge in [-0.1, -0.05) is 20.3 Å². The fourth-order valence-corrected chi connectivity index (χ4v) is 1.14. The van der Waals surface area contributed by atoms with Gasteiger partial charge < -0.3 is 9.80 Å². The van der Waals surface area contributed by atoms with Gasteiger partial charge in [-0.25, -0.2) is 4.79 Å². The van der Waals surface area contributed by atoms with Crippen LogP contribution >= 0.6 is 0 Å². The number of urea groups is 1. The molecule has 0 atom stereocenters. The Morgan fingerprint density at radius 1 is 1.38 bits per heavy atom. The first-order chi connectivity index (χ1) is 6.02. The number of nitrogens with zero attached hydrogens (tertiary/aromatic N) is 2. The van der Waals surface area contributed by atoms with Crippen molar-refractivity contribution >= 4 is 6.03 Å². The van der Waals surface area contributed by atoms with Crippen LogP contribution in [0, 0.1) is 0 Å². The number of hydrogen-bond acceptors (Lipinski definition) is 1. The normalized spacial score (nSPS) is 16.4. The minimum atomic E-state index is 0.0607. The lowest BCUT2D eigenvalue weighted by Crippen LogP contribution is -2.40. The van der Waals surface area contributed by atoms with Gasteiger partial charge in [0.2, 0.25) is 0 Å². The highest BCUT2D eigenvalue weighted by molar-refractivity contribution is 5.76. The Kier molecular flexibility index (Phi) is 5.19. The van der Waals surface area contributed by atoms with E-state index < -0.39 is 0 Å². The predicted molar refractivity (Wildman–Crippen MR) is 55.5 cm³/mol. The smallest absolute Gasteiger partial charge is 0.323 e. The second-order valence-corrected chi connectivity index (χ2v) is 3.43. The topological polar surface area (TPSA) is 23.6 Å². The van der Waals surface area contributed by atoms with E-state index in [2.05, 4.69) is 13.8 Å². The molecule has 76 valence electrons. The summed E-state index contributed by atoms with van der Waals surface area (Å²) in [7, 11) is 3.57. The number of amides is 2. The first-order valence-corrected chi connectivity index (χ1v) is 4.68. The van der Waals surface area contributed by atoms with Crippen LogP contribution in [0.2, 0.25) is 0 Å². The summed E-state index contributed by atoms with van der Waals surface area (Å²) in [6.07, 6.45) is 3.11. The molecule has 1 rings (SSSR count). The number of carbonyl (C=O) groups excluding carboxylic acids is 1. The molecule has 3 heteroatoms. The molecular formula is C10H20N2O. The van der Waals surface area contributed by atoms with Crippen molar-refractivity contribution in [2.45, 2.75) is 27.2 Å². The van der Waals surface area contributed by atoms with Crippen LogP contribution in [0.1, 0.15) is 27.2 Å². The number of carbonyl (C=O) groups is 1. The molecule has 0 aromatic carbocycles. The zero-order chi connectivity index (χ0) is 10.4. The highest BCUT2D eigenvalue weighted by Gasteiger charge is 2.17. The van der Waals surface area contributed by atoms with Gasteiger partial charge in [-0.15, -0.1) is 0 Å². The molecule has 3 nitrogen and oxygen atoms in total. The summed E-state index contributed by atoms with van der Waals surface area (Å²) < 4.78 is 0. The van der Waals surface area contributed by atoms with Gasteiger partial charge in [0.05, 0.1) is 0 Å². The van der Waals surface area contributed by atoms with Crippen molar-refractivity contribution < 1.29 is 4.79 Å². The lowest BCUT2D eigenvalue weighted by atomic mass is 10.3. The molecule has 0 saturated carbocycles. The molecule has 1 aliphatic heterocycles. The summed E-state index contributed by atoms with van der Waals surface area (Å²) in [5.74, 6) is 0. The lowest BCUT2D eigenvalue weighted by molar-refractivity contribution is 0.185. The molecule has 0 saturated heterocycles. The predicted octanol–water partition coefficient (Wildman–Crippen LogP) is 2.30. The van der Waals surface area contributed by atoms with Crippen molar-refractivity contribution in [1.82, 2.24) is 9.80 Å². The molecule has 0 radical (unpaired) electrons. The molecule has 0 spiro atoms. The van der Waals surface area contributed by atoms with E-state index in [4.69, 9.17) is 0 Å². The molecule has 0 aliphatic carbocycles. The fraction of sp³-hybridized carbons (Fsp3) is 0.700. The Hall–Kier alpha value is -0.990. The minimum absolute atomic E-state index is 0.0607. The molecule has 13 heavy (non-hydrogen) atoms. The zero-order valence-electron chi connectivity index (χ0n) is 9.29. The number of rotatable bonds is 0. The molecular weight excluding hydrogens is 164 g/mol. The first-order valence-electron chi connectivity index (χ1n) is 4.68. The van der Waals surface area contributed by atoms with E-state index >= 15 is 0 Å². The molecule has 1 aliphatic rings. The third-order valence-corrected chi connectivity index (χ3v) is 1.53. The van der Waals surface area contributed by atoms with Crippen LogP contribution in [0.15, 0.2) is 11.8 Å². The summed E-state index contributed by atoms with van der Waals surface area (Å²) in [5, 5.41) is 0. The van der Waals surface area contributed by atoms with Gasteiger partial charge >= 0.3 is 6.03 Å². The average Bonchev–Trinajstić information content (AvgIpc) is 2.01. The highest BCUT2D eigenvalue weighted by Crippen LogP contribution is 2.07. The lowest BCUT2D eigenvalue weighted by Gasteiger charge is -2.28. The second kappa shape index (κ2) is 5.62. The second-order valence-electron chi connectivity index (χ2n) is 3.43. The van der Waals surface area contributed by atoms with E-state index in [9.17, 15) is 4.79 Å². The van der Waals surface area contributed by atoms with Gasteiger partial charge in [0, 0.05) is 26.8 Å². The van der Waals surface area contributed by atoms with Crippen molar-refractivity contribution in [3.63, 3.8) is 0 Å². The van der Waals surface area contributed by atoms with E-state index in [1.165, 1.54) is 12.0 Å². The van der Waals surface area contributed by atoms with Gasteiger partial charge in [0.15, 0.2) is 0 Å². The summed E-state index contributed by atoms with van der Waals surface area (Å²) in [6, 6.07) is 0.0607. The molecule has 0 aromatic rings. The SMILES string of the molecule is CC1=CN(C)C(=O)N(C)C1.CCC. The van der Waals surface area contributed by atoms with E-state index in [-0.39, 0.29) is 6.03 Å². The van der Waals surface area contributed by atoms with Gasteiger partial charge in [-0.05, 0) is 12.5 Å². The van der Waals surface area contributed by atoms with E-state index in [0.29, 0.717) is 0 Å². The van der Waals surface area contributed by atoms with Crippen molar-refractivity contribution in [2.24, 2.45) is 0 Å². The summed E-state index contributed by atoms with van der Waals surface area (Å²) in [5.41, 5.74) is 1.21. The van der Waals surface area contributed by atoms with E-state index in [0.717, 1.165) is 6.54 Å². The third-order valence-electron chi connectivity index (χ3n) is 1.53. The van der Waals surface area contributed by atoms with Crippen molar-refractivity contribution in [3.8, 4) is 0 Å². The van der Waals surface area contributed by atoms with Crippen LogP contribution in [0.25, 0.3) is 0 Å². The molecule has 0 unspecified atom stereocenters. The fourth-order valence-electron chi connectivity index (χ4n) is 1.14. The van der Waals surface area contributed by atoms with Gasteiger partial charge in [0.1, 0.15) is 0 Å². The Bertz CT molecular complexity index is 199. The Labute approximate surface area is 81.0 Å². The van der Waals surface area contributed by atoms with Crippen LogP contribution in [0.3, 0.4) is 0 Å². The zero-order valence-corrected chi connectivity index (χ0v) is 9.29. The average molecular weight is 184 g/mol. The number of hydrogen-bond donors (Lipinski definition) is 0. The summed E-state index contributed by atoms with van der Waals surface area (Å²) in [4.78, 5) is 14.4. The molecule has 2 amide bonds. The number of likely N-dealkylation sites (N-methyl/N-ethyl adjacent to an activating group) is 1. The van der Waals surface area contributed by atoms with Gasteiger partial charge in [-0.2, -0.15) is 0 Å². The largest absolute Gasteiger partial charge is 0.323 e. The Morgan fingerprint density at radius 3 is 2.23 bits per heavy atom. The quantitative estimate of drug-likeness (QED) is 0.566. The summed E-state index contributed by atoms with van der Waals surface area (Å²) in [6.45, 7) is 7.02. The molecule has 0 aromatic heterocycles. The molecule has 0 fully saturated rings. The van der Waals surface area contributed by atoms with Crippen LogP contribution in [-0.2, 0) is 0 Å². The van der Waals surface area contributed by atoms with Crippen LogP contribution in [-0.4, -0.2) is 36.5 Å². The Morgan fingerprint density at radius 2 is 1.85 bits per heavy atom. The van der Waals surface area contributed by atoms with Crippen LogP contribution < -0.4 is 0 Å². The maximum atomic E-state index is 11.1. The third kappa shape index (κ3) is 3.97. The summed E-state index contributed by atoms with van der Waals surface area (Å²) >= 11 is 0. The van der Waals surface area contributed by atoms with E-state index in [1.54, 1.807) is 23.9 Å². The maximum absolute atomic E-state index is 11.1. The molecule has 0 N–H and O–H groups in total. The molecule has 1 heterocycles. The maximum Gasteiger partial charge on any atom is 0.323 e. The monoisotopic (exact) mass is 184 g/mol. The van der Waals surface area contributed by atoms with E-state index in [1.807, 2.05) is 13.1 Å². The standard InChI is InChI=1S/C7H12N2O.C3H8/c1-6-4-8(2)7(10)9(3)5-6;1-3-2/h4H,5H2,1-3H3;3H2,1-2H3. The van der Waals surface area contributed by atoms with Crippen molar-refractivity contribution in [2.75, 3.05) is 20.6 Å². The Balaban J connectivity index is 0.000000424. The van der Waals surface area contributed by atoms with Crippen LogP contribution in [0.5, 0.6) is 0 Å². The van der Waals surface area contributed by atoms with Crippen LogP contribution in [0.4, 0.5) is 4.79 Å². The van der Waals surface area contributed by atoms with Gasteiger partial charge in [0.25, 0.3) is 0 Å². The minimum Gasteiger partial charge on any atom is -0.323 e. The first kappa shape index (κ1) is 12.0. The van der Waals surface area contributed by atoms with Crippen molar-refractivity contribution in [3.05, 3.63) is 11.8 Å². The molecule has 0 bridgehead atoms. The highest BCUT2D eigenvalue weighted by atomic mass is 16.2.